The summed E-state index contributed by atoms with van der Waals surface area (Å²) in [5.41, 5.74) is 6.23. The average Bonchev–Trinajstić information content (AvgIpc) is 2.64. The number of carbonyl (C=O) groups excluding carboxylic acids is 1. The van der Waals surface area contributed by atoms with Crippen LogP contribution < -0.4 is 11.1 Å². The molecule has 9 heteroatoms. The summed E-state index contributed by atoms with van der Waals surface area (Å²) >= 11 is 17.6. The second-order valence-corrected chi connectivity index (χ2v) is 5.13. The Bertz CT molecular complexity index is 670. The van der Waals surface area contributed by atoms with E-state index in [1.54, 1.807) is 17.7 Å². The van der Waals surface area contributed by atoms with Crippen molar-refractivity contribution in [2.75, 3.05) is 5.32 Å². The highest BCUT2D eigenvalue weighted by molar-refractivity contribution is 6.41. The van der Waals surface area contributed by atoms with E-state index < -0.39 is 5.91 Å². The van der Waals surface area contributed by atoms with Crippen molar-refractivity contribution < 1.29 is 4.79 Å². The molecule has 2 aromatic rings. The predicted molar refractivity (Wildman–Crippen MR) is 78.3 cm³/mol. The molecule has 0 fully saturated rings. The normalized spacial score (nSPS) is 10.6. The molecule has 0 unspecified atom stereocenters. The number of aromatic nitrogens is 3. The van der Waals surface area contributed by atoms with Gasteiger partial charge in [-0.3, -0.25) is 4.79 Å². The molecule has 0 spiro atoms. The molecule has 20 heavy (non-hydrogen) atoms. The Kier molecular flexibility index (Phi) is 4.37. The Morgan fingerprint density at radius 3 is 2.60 bits per heavy atom. The Labute approximate surface area is 129 Å². The molecule has 3 N–H and O–H groups in total. The topological polar surface area (TPSA) is 85.8 Å². The molecule has 1 amide bonds. The zero-order chi connectivity index (χ0) is 14.9. The Morgan fingerprint density at radius 2 is 2.05 bits per heavy atom. The van der Waals surface area contributed by atoms with E-state index in [2.05, 4.69) is 15.5 Å². The van der Waals surface area contributed by atoms with Gasteiger partial charge in [0.15, 0.2) is 11.0 Å². The van der Waals surface area contributed by atoms with Gasteiger partial charge in [0, 0.05) is 12.7 Å². The number of rotatable bonds is 4. The molecule has 2 heterocycles. The fourth-order valence-electron chi connectivity index (χ4n) is 1.62. The molecule has 0 aliphatic carbocycles. The highest BCUT2D eigenvalue weighted by Gasteiger charge is 2.13. The van der Waals surface area contributed by atoms with Gasteiger partial charge in [0.25, 0.3) is 5.91 Å². The molecule has 0 aromatic carbocycles. The number of anilines is 1. The molecule has 0 bridgehead atoms. The van der Waals surface area contributed by atoms with Gasteiger partial charge < -0.3 is 15.6 Å². The van der Waals surface area contributed by atoms with Gasteiger partial charge >= 0.3 is 0 Å². The third-order valence-electron chi connectivity index (χ3n) is 2.68. The second-order valence-electron chi connectivity index (χ2n) is 3.98. The summed E-state index contributed by atoms with van der Waals surface area (Å²) in [5.74, 6) is -0.400. The summed E-state index contributed by atoms with van der Waals surface area (Å²) in [6, 6.07) is 3.06. The molecule has 6 nitrogen and oxygen atoms in total. The van der Waals surface area contributed by atoms with Crippen LogP contribution in [-0.4, -0.2) is 20.7 Å². The van der Waals surface area contributed by atoms with E-state index in [9.17, 15) is 4.79 Å². The Morgan fingerprint density at radius 1 is 1.35 bits per heavy atom. The first-order valence-corrected chi connectivity index (χ1v) is 6.60. The molecule has 2 aromatic heterocycles. The first-order chi connectivity index (χ1) is 9.40. The summed E-state index contributed by atoms with van der Waals surface area (Å²) in [6.45, 7) is 0.347. The van der Waals surface area contributed by atoms with Gasteiger partial charge in [-0.15, -0.1) is 10.2 Å². The zero-order valence-electron chi connectivity index (χ0n) is 10.3. The molecule has 0 saturated heterocycles. The van der Waals surface area contributed by atoms with Crippen LogP contribution in [0.3, 0.4) is 0 Å². The van der Waals surface area contributed by atoms with E-state index in [1.807, 2.05) is 0 Å². The summed E-state index contributed by atoms with van der Waals surface area (Å²) in [4.78, 5) is 11.3. The minimum atomic E-state index is -0.646. The largest absolute Gasteiger partial charge is 0.365 e. The van der Waals surface area contributed by atoms with Crippen molar-refractivity contribution in [1.82, 2.24) is 14.8 Å². The molecule has 0 aliphatic rings. The van der Waals surface area contributed by atoms with Gasteiger partial charge in [0.2, 0.25) is 0 Å². The van der Waals surface area contributed by atoms with E-state index in [-0.39, 0.29) is 16.5 Å². The van der Waals surface area contributed by atoms with Crippen LogP contribution in [-0.2, 0) is 13.6 Å². The smallest absolute Gasteiger partial charge is 0.252 e. The molecule has 106 valence electrons. The van der Waals surface area contributed by atoms with Crippen LogP contribution in [0.2, 0.25) is 15.3 Å². The number of halogens is 3. The first kappa shape index (κ1) is 14.9. The number of nitrogens with zero attached hydrogens (tertiary/aromatic N) is 3. The summed E-state index contributed by atoms with van der Waals surface area (Å²) in [5, 5.41) is 11.4. The lowest BCUT2D eigenvalue weighted by Gasteiger charge is -2.09. The van der Waals surface area contributed by atoms with Gasteiger partial charge in [-0.2, -0.15) is 0 Å². The van der Waals surface area contributed by atoms with Crippen LogP contribution in [0.1, 0.15) is 16.1 Å². The van der Waals surface area contributed by atoms with Crippen LogP contribution in [0.25, 0.3) is 0 Å². The number of amides is 1. The molecule has 0 saturated carbocycles. The van der Waals surface area contributed by atoms with E-state index >= 15 is 0 Å². The van der Waals surface area contributed by atoms with Crippen molar-refractivity contribution in [3.8, 4) is 0 Å². The van der Waals surface area contributed by atoms with Gasteiger partial charge in [-0.05, 0) is 12.1 Å². The van der Waals surface area contributed by atoms with Crippen molar-refractivity contribution in [1.29, 1.82) is 0 Å². The zero-order valence-corrected chi connectivity index (χ0v) is 12.6. The Balaban J connectivity index is 2.23. The number of hydrogen-bond donors (Lipinski definition) is 2. The van der Waals surface area contributed by atoms with Crippen LogP contribution in [0.15, 0.2) is 12.1 Å². The van der Waals surface area contributed by atoms with E-state index in [4.69, 9.17) is 40.5 Å². The maximum absolute atomic E-state index is 11.3. The second kappa shape index (κ2) is 5.87. The van der Waals surface area contributed by atoms with Crippen molar-refractivity contribution >= 4 is 46.5 Å². The lowest BCUT2D eigenvalue weighted by atomic mass is 10.2. The van der Waals surface area contributed by atoms with Gasteiger partial charge in [-0.25, -0.2) is 0 Å². The number of nitrogens with two attached hydrogens (primary N) is 1. The highest BCUT2D eigenvalue weighted by atomic mass is 35.5. The number of nitrogens with one attached hydrogen (secondary N) is 1. The van der Waals surface area contributed by atoms with Gasteiger partial charge in [0.1, 0.15) is 5.15 Å². The van der Waals surface area contributed by atoms with Crippen LogP contribution in [0.5, 0.6) is 0 Å². The highest BCUT2D eigenvalue weighted by Crippen LogP contribution is 2.25. The van der Waals surface area contributed by atoms with Crippen molar-refractivity contribution in [3.05, 3.63) is 38.7 Å². The molecule has 0 atom stereocenters. The lowest BCUT2D eigenvalue weighted by Crippen LogP contribution is -2.16. The number of carbonyl (C=O) groups is 1. The SMILES string of the molecule is Cn1c(CNc2nnc(Cl)cc2C(N)=O)cc(Cl)c1Cl. The van der Waals surface area contributed by atoms with E-state index in [0.717, 1.165) is 5.69 Å². The number of primary amides is 1. The lowest BCUT2D eigenvalue weighted by molar-refractivity contribution is 0.100. The number of hydrogen-bond acceptors (Lipinski definition) is 4. The minimum absolute atomic E-state index is 0.0919. The van der Waals surface area contributed by atoms with Crippen molar-refractivity contribution in [2.24, 2.45) is 12.8 Å². The molecular weight excluding hydrogens is 325 g/mol. The predicted octanol–water partition coefficient (Wildman–Crippen LogP) is 2.49. The van der Waals surface area contributed by atoms with E-state index in [0.29, 0.717) is 16.7 Å². The maximum atomic E-state index is 11.3. The van der Waals surface area contributed by atoms with Crippen LogP contribution in [0, 0.1) is 0 Å². The van der Waals surface area contributed by atoms with E-state index in [1.165, 1.54) is 6.07 Å². The fourth-order valence-corrected chi connectivity index (χ4v) is 2.18. The third-order valence-corrected chi connectivity index (χ3v) is 3.71. The van der Waals surface area contributed by atoms with Gasteiger partial charge in [-0.1, -0.05) is 34.8 Å². The van der Waals surface area contributed by atoms with Crippen molar-refractivity contribution in [3.63, 3.8) is 0 Å². The maximum Gasteiger partial charge on any atom is 0.252 e. The fraction of sp³-hybridized carbons (Fsp3) is 0.182. The average molecular weight is 335 g/mol. The summed E-state index contributed by atoms with van der Waals surface area (Å²) in [7, 11) is 1.77. The monoisotopic (exact) mass is 333 g/mol. The molecule has 0 aliphatic heterocycles. The molecule has 2 rings (SSSR count). The van der Waals surface area contributed by atoms with Crippen LogP contribution in [0.4, 0.5) is 5.82 Å². The summed E-state index contributed by atoms with van der Waals surface area (Å²) < 4.78 is 1.71. The molecule has 0 radical (unpaired) electrons. The third kappa shape index (κ3) is 2.98. The van der Waals surface area contributed by atoms with Crippen molar-refractivity contribution in [2.45, 2.75) is 6.54 Å². The Hall–Kier alpha value is -1.50. The summed E-state index contributed by atoms with van der Waals surface area (Å²) in [6.07, 6.45) is 0. The minimum Gasteiger partial charge on any atom is -0.365 e. The quantitative estimate of drug-likeness (QED) is 0.899. The van der Waals surface area contributed by atoms with Crippen LogP contribution >= 0.6 is 34.8 Å². The van der Waals surface area contributed by atoms with Gasteiger partial charge in [0.05, 0.1) is 17.1 Å². The first-order valence-electron chi connectivity index (χ1n) is 5.46. The standard InChI is InChI=1S/C11H10Cl3N5O/c1-19-5(2-7(12)9(19)14)4-16-11-6(10(15)20)3-8(13)17-18-11/h2-3H,4H2,1H3,(H2,15,20)(H,16,18). The molecular formula is C11H10Cl3N5O.